The van der Waals surface area contributed by atoms with Crippen molar-refractivity contribution in [3.63, 3.8) is 0 Å². The monoisotopic (exact) mass is 335 g/mol. The van der Waals surface area contributed by atoms with Gasteiger partial charge in [0.1, 0.15) is 5.82 Å². The summed E-state index contributed by atoms with van der Waals surface area (Å²) in [4.78, 5) is 6.91. The quantitative estimate of drug-likeness (QED) is 0.908. The smallest absolute Gasteiger partial charge is 0.183 e. The summed E-state index contributed by atoms with van der Waals surface area (Å²) in [5.41, 5.74) is 1.92. The summed E-state index contributed by atoms with van der Waals surface area (Å²) in [5, 5.41) is 6.38. The first-order valence-corrected chi connectivity index (χ1v) is 8.68. The Balaban J connectivity index is 1.68. The van der Waals surface area contributed by atoms with Crippen molar-refractivity contribution in [2.24, 2.45) is 0 Å². The number of anilines is 1. The summed E-state index contributed by atoms with van der Waals surface area (Å²) in [5.74, 6) is -0.227. The van der Waals surface area contributed by atoms with Gasteiger partial charge in [0.25, 0.3) is 0 Å². The molecule has 1 saturated heterocycles. The number of hydrogen-bond acceptors (Lipinski definition) is 5. The lowest BCUT2D eigenvalue weighted by Crippen LogP contribution is -2.53. The molecule has 0 bridgehead atoms. The molecule has 0 unspecified atom stereocenters. The Hall–Kier alpha value is -1.50. The third-order valence-electron chi connectivity index (χ3n) is 4.59. The summed E-state index contributed by atoms with van der Waals surface area (Å²) in [7, 11) is 4.25. The highest BCUT2D eigenvalue weighted by Gasteiger charge is 2.34. The summed E-state index contributed by atoms with van der Waals surface area (Å²) in [6.45, 7) is 2.46. The SMILES string of the molecule is CN(C)C1(CNc2nc(-c3ccc(F)cc3)cs2)CCOCC1. The second kappa shape index (κ2) is 6.95. The van der Waals surface area contributed by atoms with Gasteiger partial charge >= 0.3 is 0 Å². The number of nitrogens with zero attached hydrogens (tertiary/aromatic N) is 2. The Morgan fingerprint density at radius 3 is 2.61 bits per heavy atom. The Labute approximate surface area is 140 Å². The maximum Gasteiger partial charge on any atom is 0.183 e. The van der Waals surface area contributed by atoms with Crippen molar-refractivity contribution in [3.05, 3.63) is 35.5 Å². The molecular formula is C17H22FN3OS. The van der Waals surface area contributed by atoms with Crippen molar-refractivity contribution in [3.8, 4) is 11.3 Å². The molecule has 2 heterocycles. The van der Waals surface area contributed by atoms with E-state index in [2.05, 4.69) is 29.3 Å². The molecule has 124 valence electrons. The van der Waals surface area contributed by atoms with E-state index in [9.17, 15) is 4.39 Å². The van der Waals surface area contributed by atoms with Crippen LogP contribution in [0.15, 0.2) is 29.6 Å². The predicted octanol–water partition coefficient (Wildman–Crippen LogP) is 3.47. The number of benzene rings is 1. The zero-order valence-corrected chi connectivity index (χ0v) is 14.3. The molecule has 1 aromatic carbocycles. The summed E-state index contributed by atoms with van der Waals surface area (Å²) in [6.07, 6.45) is 2.03. The summed E-state index contributed by atoms with van der Waals surface area (Å²) < 4.78 is 18.5. The van der Waals surface area contributed by atoms with Gasteiger partial charge < -0.3 is 15.0 Å². The first-order valence-electron chi connectivity index (χ1n) is 7.80. The van der Waals surface area contributed by atoms with Gasteiger partial charge in [0, 0.05) is 36.2 Å². The highest BCUT2D eigenvalue weighted by Crippen LogP contribution is 2.29. The van der Waals surface area contributed by atoms with Crippen molar-refractivity contribution in [1.29, 1.82) is 0 Å². The van der Waals surface area contributed by atoms with E-state index in [4.69, 9.17) is 4.74 Å². The van der Waals surface area contributed by atoms with Gasteiger partial charge in [0.2, 0.25) is 0 Å². The molecule has 1 aromatic heterocycles. The van der Waals surface area contributed by atoms with Crippen molar-refractivity contribution >= 4 is 16.5 Å². The molecule has 3 rings (SSSR count). The van der Waals surface area contributed by atoms with Crippen LogP contribution in [0, 0.1) is 5.82 Å². The molecule has 0 saturated carbocycles. The Morgan fingerprint density at radius 1 is 1.26 bits per heavy atom. The van der Waals surface area contributed by atoms with E-state index in [1.807, 2.05) is 5.38 Å². The molecule has 1 fully saturated rings. The van der Waals surface area contributed by atoms with E-state index < -0.39 is 0 Å². The molecule has 0 atom stereocenters. The molecule has 6 heteroatoms. The number of nitrogens with one attached hydrogen (secondary N) is 1. The predicted molar refractivity (Wildman–Crippen MR) is 92.5 cm³/mol. The van der Waals surface area contributed by atoms with E-state index >= 15 is 0 Å². The number of hydrogen-bond donors (Lipinski definition) is 1. The zero-order chi connectivity index (χ0) is 16.3. The van der Waals surface area contributed by atoms with Crippen LogP contribution in [0.1, 0.15) is 12.8 Å². The number of ether oxygens (including phenoxy) is 1. The zero-order valence-electron chi connectivity index (χ0n) is 13.5. The van der Waals surface area contributed by atoms with Crippen LogP contribution >= 0.6 is 11.3 Å². The van der Waals surface area contributed by atoms with E-state index in [-0.39, 0.29) is 11.4 Å². The van der Waals surface area contributed by atoms with Gasteiger partial charge in [-0.1, -0.05) is 0 Å². The van der Waals surface area contributed by atoms with Gasteiger partial charge in [-0.2, -0.15) is 0 Å². The van der Waals surface area contributed by atoms with Gasteiger partial charge in [0.15, 0.2) is 5.13 Å². The number of aromatic nitrogens is 1. The molecule has 2 aromatic rings. The van der Waals surface area contributed by atoms with Crippen molar-refractivity contribution in [1.82, 2.24) is 9.88 Å². The first kappa shape index (κ1) is 16.4. The molecule has 0 radical (unpaired) electrons. The number of thiazole rings is 1. The van der Waals surface area contributed by atoms with E-state index in [1.54, 1.807) is 23.5 Å². The molecule has 4 nitrogen and oxygen atoms in total. The van der Waals surface area contributed by atoms with Crippen LogP contribution in [0.4, 0.5) is 9.52 Å². The fourth-order valence-corrected chi connectivity index (χ4v) is 3.60. The first-order chi connectivity index (χ1) is 11.1. The summed E-state index contributed by atoms with van der Waals surface area (Å²) in [6, 6.07) is 6.44. The second-order valence-corrected chi connectivity index (χ2v) is 6.99. The molecule has 0 aliphatic carbocycles. The number of likely N-dealkylation sites (N-methyl/N-ethyl adjacent to an activating group) is 1. The maximum absolute atomic E-state index is 13.0. The Kier molecular flexibility index (Phi) is 4.94. The molecular weight excluding hydrogens is 313 g/mol. The minimum absolute atomic E-state index is 0.111. The largest absolute Gasteiger partial charge is 0.381 e. The molecule has 1 aliphatic rings. The van der Waals surface area contributed by atoms with Gasteiger partial charge in [-0.25, -0.2) is 9.37 Å². The van der Waals surface area contributed by atoms with E-state index in [1.165, 1.54) is 12.1 Å². The minimum atomic E-state index is -0.227. The maximum atomic E-state index is 13.0. The lowest BCUT2D eigenvalue weighted by molar-refractivity contribution is -0.000629. The van der Waals surface area contributed by atoms with Crippen LogP contribution in [0.5, 0.6) is 0 Å². The van der Waals surface area contributed by atoms with Crippen LogP contribution in [-0.4, -0.2) is 49.3 Å². The third kappa shape index (κ3) is 3.71. The lowest BCUT2D eigenvalue weighted by Gasteiger charge is -2.42. The molecule has 0 spiro atoms. The fraction of sp³-hybridized carbons (Fsp3) is 0.471. The second-order valence-electron chi connectivity index (χ2n) is 6.13. The number of halogens is 1. The van der Waals surface area contributed by atoms with Crippen molar-refractivity contribution in [2.45, 2.75) is 18.4 Å². The van der Waals surface area contributed by atoms with E-state index in [0.29, 0.717) is 0 Å². The average Bonchev–Trinajstić information content (AvgIpc) is 3.03. The Bertz CT molecular complexity index is 636. The van der Waals surface area contributed by atoms with E-state index in [0.717, 1.165) is 49.0 Å². The van der Waals surface area contributed by atoms with Crippen molar-refractivity contribution < 1.29 is 9.13 Å². The van der Waals surface area contributed by atoms with Gasteiger partial charge in [-0.15, -0.1) is 11.3 Å². The Morgan fingerprint density at radius 2 is 1.96 bits per heavy atom. The van der Waals surface area contributed by atoms with Gasteiger partial charge in [-0.3, -0.25) is 0 Å². The third-order valence-corrected chi connectivity index (χ3v) is 5.39. The molecule has 1 N–H and O–H groups in total. The normalized spacial score (nSPS) is 17.4. The van der Waals surface area contributed by atoms with Crippen LogP contribution in [0.2, 0.25) is 0 Å². The average molecular weight is 335 g/mol. The topological polar surface area (TPSA) is 37.4 Å². The van der Waals surface area contributed by atoms with Gasteiger partial charge in [0.05, 0.1) is 5.69 Å². The molecule has 1 aliphatic heterocycles. The number of rotatable bonds is 5. The van der Waals surface area contributed by atoms with Crippen LogP contribution < -0.4 is 5.32 Å². The van der Waals surface area contributed by atoms with Crippen LogP contribution in [-0.2, 0) is 4.74 Å². The van der Waals surface area contributed by atoms with Crippen LogP contribution in [0.25, 0.3) is 11.3 Å². The highest BCUT2D eigenvalue weighted by atomic mass is 32.1. The summed E-state index contributed by atoms with van der Waals surface area (Å²) >= 11 is 1.58. The van der Waals surface area contributed by atoms with Crippen molar-refractivity contribution in [2.75, 3.05) is 39.2 Å². The highest BCUT2D eigenvalue weighted by molar-refractivity contribution is 7.14. The minimum Gasteiger partial charge on any atom is -0.381 e. The molecule has 23 heavy (non-hydrogen) atoms. The van der Waals surface area contributed by atoms with Gasteiger partial charge in [-0.05, 0) is 51.2 Å². The lowest BCUT2D eigenvalue weighted by atomic mass is 9.88. The van der Waals surface area contributed by atoms with Crippen LogP contribution in [0.3, 0.4) is 0 Å². The standard InChI is InChI=1S/C17H22FN3OS/c1-21(2)17(7-9-22-10-8-17)12-19-16-20-15(11-23-16)13-3-5-14(18)6-4-13/h3-6,11H,7-10,12H2,1-2H3,(H,19,20). The molecule has 0 amide bonds. The fourth-order valence-electron chi connectivity index (χ4n) is 2.88.